The Bertz CT molecular complexity index is 202. The van der Waals surface area contributed by atoms with Crippen LogP contribution in [0.1, 0.15) is 51.4 Å². The van der Waals surface area contributed by atoms with E-state index in [4.69, 9.17) is 10.5 Å². The molecule has 0 aliphatic heterocycles. The second-order valence-electron chi connectivity index (χ2n) is 5.27. The number of aliphatic hydroxyl groups excluding tert-OH is 1. The Morgan fingerprint density at radius 3 is 2.47 bits per heavy atom. The van der Waals surface area contributed by atoms with Crippen LogP contribution < -0.4 is 5.73 Å². The van der Waals surface area contributed by atoms with Crippen LogP contribution in [-0.2, 0) is 4.74 Å². The van der Waals surface area contributed by atoms with Gasteiger partial charge >= 0.3 is 0 Å². The van der Waals surface area contributed by atoms with Gasteiger partial charge in [-0.1, -0.05) is 25.7 Å². The van der Waals surface area contributed by atoms with E-state index < -0.39 is 0 Å². The molecule has 2 aliphatic rings. The topological polar surface area (TPSA) is 55.5 Å². The molecule has 2 atom stereocenters. The lowest BCUT2D eigenvalue weighted by atomic mass is 9.94. The Kier molecular flexibility index (Phi) is 3.65. The first kappa shape index (κ1) is 11.4. The number of ether oxygens (including phenoxy) is 1. The van der Waals surface area contributed by atoms with Crippen molar-refractivity contribution >= 4 is 0 Å². The van der Waals surface area contributed by atoms with Crippen LogP contribution >= 0.6 is 0 Å². The molecule has 2 saturated carbocycles. The van der Waals surface area contributed by atoms with E-state index in [0.29, 0.717) is 6.61 Å². The molecule has 2 unspecified atom stereocenters. The van der Waals surface area contributed by atoms with Gasteiger partial charge in [0.2, 0.25) is 0 Å². The van der Waals surface area contributed by atoms with Crippen LogP contribution in [-0.4, -0.2) is 29.5 Å². The zero-order valence-corrected chi connectivity index (χ0v) is 9.45. The molecule has 0 aromatic heterocycles. The van der Waals surface area contributed by atoms with Crippen molar-refractivity contribution in [2.24, 2.45) is 5.73 Å². The average molecular weight is 213 g/mol. The van der Waals surface area contributed by atoms with Gasteiger partial charge in [0, 0.05) is 5.54 Å². The summed E-state index contributed by atoms with van der Waals surface area (Å²) in [6.45, 7) is 0.634. The Morgan fingerprint density at radius 2 is 1.80 bits per heavy atom. The fraction of sp³-hybridized carbons (Fsp3) is 1.00. The predicted molar refractivity (Wildman–Crippen MR) is 59.6 cm³/mol. The monoisotopic (exact) mass is 213 g/mol. The Morgan fingerprint density at radius 1 is 1.13 bits per heavy atom. The third-order valence-corrected chi connectivity index (χ3v) is 3.85. The molecule has 0 heterocycles. The molecule has 0 aromatic rings. The van der Waals surface area contributed by atoms with E-state index in [2.05, 4.69) is 0 Å². The first-order chi connectivity index (χ1) is 7.20. The summed E-state index contributed by atoms with van der Waals surface area (Å²) >= 11 is 0. The summed E-state index contributed by atoms with van der Waals surface area (Å²) in [4.78, 5) is 0. The van der Waals surface area contributed by atoms with Crippen LogP contribution in [0.5, 0.6) is 0 Å². The third-order valence-electron chi connectivity index (χ3n) is 3.85. The van der Waals surface area contributed by atoms with E-state index in [9.17, 15) is 5.11 Å². The van der Waals surface area contributed by atoms with Crippen molar-refractivity contribution in [1.29, 1.82) is 0 Å². The standard InChI is InChI=1S/C12H23NO2/c13-12(7-3-4-8-12)9-15-11-6-2-1-5-10(11)14/h10-11,14H,1-9,13H2. The zero-order valence-electron chi connectivity index (χ0n) is 9.45. The Balaban J connectivity index is 1.76. The molecule has 2 aliphatic carbocycles. The van der Waals surface area contributed by atoms with E-state index in [1.807, 2.05) is 0 Å². The highest BCUT2D eigenvalue weighted by molar-refractivity contribution is 4.90. The van der Waals surface area contributed by atoms with E-state index >= 15 is 0 Å². The molecular weight excluding hydrogens is 190 g/mol. The largest absolute Gasteiger partial charge is 0.390 e. The highest BCUT2D eigenvalue weighted by atomic mass is 16.5. The summed E-state index contributed by atoms with van der Waals surface area (Å²) in [5, 5.41) is 9.76. The van der Waals surface area contributed by atoms with Crippen molar-refractivity contribution in [2.75, 3.05) is 6.61 Å². The molecule has 3 nitrogen and oxygen atoms in total. The highest BCUT2D eigenvalue weighted by Gasteiger charge is 2.32. The van der Waals surface area contributed by atoms with Crippen molar-refractivity contribution in [2.45, 2.75) is 69.1 Å². The molecule has 2 rings (SSSR count). The van der Waals surface area contributed by atoms with Crippen LogP contribution in [0.2, 0.25) is 0 Å². The smallest absolute Gasteiger partial charge is 0.0834 e. The highest BCUT2D eigenvalue weighted by Crippen LogP contribution is 2.29. The third kappa shape index (κ3) is 2.92. The fourth-order valence-electron chi connectivity index (χ4n) is 2.77. The quantitative estimate of drug-likeness (QED) is 0.748. The summed E-state index contributed by atoms with van der Waals surface area (Å²) in [5.74, 6) is 0. The van der Waals surface area contributed by atoms with E-state index in [-0.39, 0.29) is 17.7 Å². The van der Waals surface area contributed by atoms with Crippen LogP contribution in [0.15, 0.2) is 0 Å². The van der Waals surface area contributed by atoms with Crippen molar-refractivity contribution in [3.05, 3.63) is 0 Å². The summed E-state index contributed by atoms with van der Waals surface area (Å²) in [5.41, 5.74) is 6.12. The molecule has 15 heavy (non-hydrogen) atoms. The van der Waals surface area contributed by atoms with Gasteiger partial charge in [-0.05, 0) is 25.7 Å². The van der Waals surface area contributed by atoms with Crippen molar-refractivity contribution in [3.63, 3.8) is 0 Å². The summed E-state index contributed by atoms with van der Waals surface area (Å²) < 4.78 is 5.81. The summed E-state index contributed by atoms with van der Waals surface area (Å²) in [6, 6.07) is 0. The number of hydrogen-bond acceptors (Lipinski definition) is 3. The van der Waals surface area contributed by atoms with Crippen LogP contribution in [0, 0.1) is 0 Å². The molecule has 0 spiro atoms. The Hall–Kier alpha value is -0.120. The molecule has 88 valence electrons. The van der Waals surface area contributed by atoms with Crippen molar-refractivity contribution < 1.29 is 9.84 Å². The van der Waals surface area contributed by atoms with Crippen LogP contribution in [0.4, 0.5) is 0 Å². The van der Waals surface area contributed by atoms with Crippen LogP contribution in [0.25, 0.3) is 0 Å². The molecule has 0 saturated heterocycles. The maximum Gasteiger partial charge on any atom is 0.0834 e. The van der Waals surface area contributed by atoms with E-state index in [1.165, 1.54) is 19.3 Å². The fourth-order valence-corrected chi connectivity index (χ4v) is 2.77. The van der Waals surface area contributed by atoms with E-state index in [0.717, 1.165) is 32.1 Å². The van der Waals surface area contributed by atoms with Gasteiger partial charge < -0.3 is 15.6 Å². The predicted octanol–water partition coefficient (Wildman–Crippen LogP) is 1.58. The molecule has 0 aromatic carbocycles. The molecule has 3 heteroatoms. The van der Waals surface area contributed by atoms with Crippen molar-refractivity contribution in [3.8, 4) is 0 Å². The van der Waals surface area contributed by atoms with Gasteiger partial charge in [0.25, 0.3) is 0 Å². The summed E-state index contributed by atoms with van der Waals surface area (Å²) in [7, 11) is 0. The minimum atomic E-state index is -0.260. The number of aliphatic hydroxyl groups is 1. The minimum Gasteiger partial charge on any atom is -0.390 e. The lowest BCUT2D eigenvalue weighted by molar-refractivity contribution is -0.0721. The molecule has 3 N–H and O–H groups in total. The second-order valence-corrected chi connectivity index (χ2v) is 5.27. The maximum absolute atomic E-state index is 9.76. The van der Waals surface area contributed by atoms with Gasteiger partial charge in [0.1, 0.15) is 0 Å². The first-order valence-electron chi connectivity index (χ1n) is 6.28. The number of rotatable bonds is 3. The van der Waals surface area contributed by atoms with Gasteiger partial charge in [0.05, 0.1) is 18.8 Å². The average Bonchev–Trinajstić information content (AvgIpc) is 2.65. The molecular formula is C12H23NO2. The molecule has 0 amide bonds. The van der Waals surface area contributed by atoms with Gasteiger partial charge in [-0.2, -0.15) is 0 Å². The summed E-state index contributed by atoms with van der Waals surface area (Å²) in [6.07, 6.45) is 8.60. The second kappa shape index (κ2) is 4.81. The molecule has 0 bridgehead atoms. The normalized spacial score (nSPS) is 35.6. The zero-order chi connectivity index (χ0) is 10.7. The lowest BCUT2D eigenvalue weighted by Crippen LogP contribution is -2.44. The van der Waals surface area contributed by atoms with Crippen molar-refractivity contribution in [1.82, 2.24) is 0 Å². The Labute approximate surface area is 92.0 Å². The van der Waals surface area contributed by atoms with Gasteiger partial charge in [-0.25, -0.2) is 0 Å². The number of nitrogens with two attached hydrogens (primary N) is 1. The SMILES string of the molecule is NC1(COC2CCCCC2O)CCCC1. The lowest BCUT2D eigenvalue weighted by Gasteiger charge is -2.31. The van der Waals surface area contributed by atoms with Gasteiger partial charge in [-0.15, -0.1) is 0 Å². The maximum atomic E-state index is 9.76. The van der Waals surface area contributed by atoms with Gasteiger partial charge in [-0.3, -0.25) is 0 Å². The van der Waals surface area contributed by atoms with E-state index in [1.54, 1.807) is 0 Å². The molecule has 0 radical (unpaired) electrons. The minimum absolute atomic E-state index is 0.0415. The van der Waals surface area contributed by atoms with Gasteiger partial charge in [0.15, 0.2) is 0 Å². The number of hydrogen-bond donors (Lipinski definition) is 2. The van der Waals surface area contributed by atoms with Crippen LogP contribution in [0.3, 0.4) is 0 Å². The molecule has 2 fully saturated rings. The first-order valence-corrected chi connectivity index (χ1v) is 6.28.